The van der Waals surface area contributed by atoms with E-state index in [1.165, 1.54) is 11.1 Å². The SMILES string of the molecule is CCCN1CCCC2(CCCN2Cc2ccc(OC)c(CN(CC)CC)c2)C1=O. The molecule has 2 aliphatic rings. The molecule has 2 saturated heterocycles. The molecule has 162 valence electrons. The molecule has 0 bridgehead atoms. The van der Waals surface area contributed by atoms with Crippen LogP contribution in [0.1, 0.15) is 64.0 Å². The van der Waals surface area contributed by atoms with Gasteiger partial charge in [-0.3, -0.25) is 14.6 Å². The van der Waals surface area contributed by atoms with Crippen LogP contribution in [0.15, 0.2) is 18.2 Å². The van der Waals surface area contributed by atoms with E-state index in [0.29, 0.717) is 5.91 Å². The normalized spacial score (nSPS) is 22.8. The largest absolute Gasteiger partial charge is 0.496 e. The summed E-state index contributed by atoms with van der Waals surface area (Å²) in [6.07, 6.45) is 5.30. The van der Waals surface area contributed by atoms with Crippen LogP contribution < -0.4 is 4.74 Å². The van der Waals surface area contributed by atoms with Gasteiger partial charge >= 0.3 is 0 Å². The number of hydrogen-bond donors (Lipinski definition) is 0. The zero-order valence-electron chi connectivity index (χ0n) is 18.9. The number of hydrogen-bond acceptors (Lipinski definition) is 4. The van der Waals surface area contributed by atoms with Gasteiger partial charge in [0.25, 0.3) is 0 Å². The quantitative estimate of drug-likeness (QED) is 0.629. The molecular formula is C24H39N3O2. The Labute approximate surface area is 177 Å². The number of carbonyl (C=O) groups is 1. The summed E-state index contributed by atoms with van der Waals surface area (Å²) in [5, 5.41) is 0. The number of piperidine rings is 1. The number of rotatable bonds is 9. The van der Waals surface area contributed by atoms with E-state index >= 15 is 0 Å². The molecule has 1 spiro atoms. The lowest BCUT2D eigenvalue weighted by atomic mass is 9.85. The molecule has 0 aliphatic carbocycles. The Morgan fingerprint density at radius 2 is 1.83 bits per heavy atom. The van der Waals surface area contributed by atoms with Crippen LogP contribution in [0.4, 0.5) is 0 Å². The second-order valence-corrected chi connectivity index (χ2v) is 8.56. The molecule has 1 amide bonds. The van der Waals surface area contributed by atoms with Crippen molar-refractivity contribution in [2.75, 3.05) is 39.8 Å². The van der Waals surface area contributed by atoms with Crippen LogP contribution >= 0.6 is 0 Å². The fourth-order valence-electron chi connectivity index (χ4n) is 5.20. The van der Waals surface area contributed by atoms with E-state index in [1.54, 1.807) is 7.11 Å². The highest BCUT2D eigenvalue weighted by Crippen LogP contribution is 2.39. The van der Waals surface area contributed by atoms with Gasteiger partial charge in [0.05, 0.1) is 7.11 Å². The van der Waals surface area contributed by atoms with Crippen molar-refractivity contribution in [3.05, 3.63) is 29.3 Å². The lowest BCUT2D eigenvalue weighted by Gasteiger charge is -2.44. The Hall–Kier alpha value is -1.59. The minimum absolute atomic E-state index is 0.271. The van der Waals surface area contributed by atoms with Crippen LogP contribution in [-0.4, -0.2) is 66.0 Å². The van der Waals surface area contributed by atoms with E-state index in [2.05, 4.69) is 53.7 Å². The predicted octanol–water partition coefficient (Wildman–Crippen LogP) is 3.90. The fourth-order valence-corrected chi connectivity index (χ4v) is 5.20. The summed E-state index contributed by atoms with van der Waals surface area (Å²) >= 11 is 0. The third kappa shape index (κ3) is 4.61. The van der Waals surface area contributed by atoms with Gasteiger partial charge in [-0.2, -0.15) is 0 Å². The Bertz CT molecular complexity index is 687. The summed E-state index contributed by atoms with van der Waals surface area (Å²) in [5.74, 6) is 1.33. The van der Waals surface area contributed by atoms with Crippen molar-refractivity contribution in [1.82, 2.24) is 14.7 Å². The molecule has 0 saturated carbocycles. The number of methoxy groups -OCH3 is 1. The summed E-state index contributed by atoms with van der Waals surface area (Å²) in [4.78, 5) is 20.4. The van der Waals surface area contributed by atoms with E-state index < -0.39 is 0 Å². The molecule has 2 fully saturated rings. The van der Waals surface area contributed by atoms with Crippen LogP contribution in [0.3, 0.4) is 0 Å². The third-order valence-corrected chi connectivity index (χ3v) is 6.83. The second-order valence-electron chi connectivity index (χ2n) is 8.56. The summed E-state index contributed by atoms with van der Waals surface area (Å²) in [7, 11) is 1.75. The summed E-state index contributed by atoms with van der Waals surface area (Å²) in [6, 6.07) is 6.57. The maximum atomic E-state index is 13.4. The van der Waals surface area contributed by atoms with Gasteiger partial charge in [-0.25, -0.2) is 0 Å². The number of nitrogens with zero attached hydrogens (tertiary/aromatic N) is 3. The zero-order valence-corrected chi connectivity index (χ0v) is 18.9. The molecule has 1 aromatic rings. The van der Waals surface area contributed by atoms with Gasteiger partial charge in [0.15, 0.2) is 0 Å². The van der Waals surface area contributed by atoms with Crippen molar-refractivity contribution in [3.8, 4) is 5.75 Å². The van der Waals surface area contributed by atoms with Gasteiger partial charge < -0.3 is 9.64 Å². The van der Waals surface area contributed by atoms with Crippen LogP contribution in [0.25, 0.3) is 0 Å². The standard InChI is InChI=1S/C24H39N3O2/c1-5-14-26-15-8-12-24(23(26)28)13-9-16-27(24)18-20-10-11-22(29-4)21(17-20)19-25(6-2)7-3/h10-11,17H,5-9,12-16,18-19H2,1-4H3. The maximum Gasteiger partial charge on any atom is 0.243 e. The lowest BCUT2D eigenvalue weighted by Crippen LogP contribution is -2.59. The molecule has 0 N–H and O–H groups in total. The molecule has 2 heterocycles. The van der Waals surface area contributed by atoms with Crippen molar-refractivity contribution in [2.45, 2.75) is 71.5 Å². The lowest BCUT2D eigenvalue weighted by molar-refractivity contribution is -0.147. The van der Waals surface area contributed by atoms with Gasteiger partial charge in [0, 0.05) is 31.7 Å². The average Bonchev–Trinajstić information content (AvgIpc) is 3.13. The second kappa shape index (κ2) is 9.94. The summed E-state index contributed by atoms with van der Waals surface area (Å²) in [6.45, 7) is 13.2. The first-order chi connectivity index (χ1) is 14.1. The summed E-state index contributed by atoms with van der Waals surface area (Å²) in [5.41, 5.74) is 2.26. The molecule has 3 rings (SSSR count). The van der Waals surface area contributed by atoms with Gasteiger partial charge in [0.2, 0.25) is 5.91 Å². The van der Waals surface area contributed by atoms with E-state index in [1.807, 2.05) is 0 Å². The van der Waals surface area contributed by atoms with Gasteiger partial charge in [-0.15, -0.1) is 0 Å². The highest BCUT2D eigenvalue weighted by molar-refractivity contribution is 5.87. The number of ether oxygens (including phenoxy) is 1. The summed E-state index contributed by atoms with van der Waals surface area (Å²) < 4.78 is 5.63. The first-order valence-corrected chi connectivity index (χ1v) is 11.5. The molecule has 1 atom stereocenters. The van der Waals surface area contributed by atoms with E-state index in [9.17, 15) is 4.79 Å². The van der Waals surface area contributed by atoms with Crippen molar-refractivity contribution < 1.29 is 9.53 Å². The highest BCUT2D eigenvalue weighted by Gasteiger charge is 2.50. The minimum atomic E-state index is -0.271. The van der Waals surface area contributed by atoms with Crippen LogP contribution in [0.2, 0.25) is 0 Å². The Morgan fingerprint density at radius 3 is 2.48 bits per heavy atom. The molecular weight excluding hydrogens is 362 g/mol. The van der Waals surface area contributed by atoms with E-state index in [4.69, 9.17) is 4.74 Å². The van der Waals surface area contributed by atoms with Crippen LogP contribution in [-0.2, 0) is 17.9 Å². The van der Waals surface area contributed by atoms with Crippen molar-refractivity contribution in [3.63, 3.8) is 0 Å². The zero-order chi connectivity index (χ0) is 20.9. The maximum absolute atomic E-state index is 13.4. The highest BCUT2D eigenvalue weighted by atomic mass is 16.5. The number of benzene rings is 1. The topological polar surface area (TPSA) is 36.0 Å². The van der Waals surface area contributed by atoms with Crippen molar-refractivity contribution in [1.29, 1.82) is 0 Å². The monoisotopic (exact) mass is 401 g/mol. The molecule has 0 radical (unpaired) electrons. The minimum Gasteiger partial charge on any atom is -0.496 e. The van der Waals surface area contributed by atoms with Crippen molar-refractivity contribution in [2.24, 2.45) is 0 Å². The van der Waals surface area contributed by atoms with E-state index in [0.717, 1.165) is 83.7 Å². The first-order valence-electron chi connectivity index (χ1n) is 11.5. The Morgan fingerprint density at radius 1 is 1.10 bits per heavy atom. The Balaban J connectivity index is 1.80. The van der Waals surface area contributed by atoms with Crippen molar-refractivity contribution >= 4 is 5.91 Å². The molecule has 1 aromatic carbocycles. The molecule has 0 aromatic heterocycles. The molecule has 5 nitrogen and oxygen atoms in total. The third-order valence-electron chi connectivity index (χ3n) is 6.83. The predicted molar refractivity (Wildman–Crippen MR) is 118 cm³/mol. The number of carbonyl (C=O) groups excluding carboxylic acids is 1. The van der Waals surface area contributed by atoms with E-state index in [-0.39, 0.29) is 5.54 Å². The molecule has 5 heteroatoms. The number of likely N-dealkylation sites (tertiary alicyclic amines) is 2. The van der Waals surface area contributed by atoms with Gasteiger partial charge in [0.1, 0.15) is 11.3 Å². The van der Waals surface area contributed by atoms with Crippen LogP contribution in [0.5, 0.6) is 5.75 Å². The van der Waals surface area contributed by atoms with Gasteiger partial charge in [-0.1, -0.05) is 26.8 Å². The smallest absolute Gasteiger partial charge is 0.243 e. The number of amides is 1. The average molecular weight is 402 g/mol. The molecule has 2 aliphatic heterocycles. The molecule has 1 unspecified atom stereocenters. The van der Waals surface area contributed by atoms with Crippen LogP contribution in [0, 0.1) is 0 Å². The Kier molecular flexibility index (Phi) is 7.58. The van der Waals surface area contributed by atoms with Gasteiger partial charge in [-0.05, 0) is 69.4 Å². The first kappa shape index (κ1) is 22.1. The molecule has 29 heavy (non-hydrogen) atoms. The fraction of sp³-hybridized carbons (Fsp3) is 0.708.